The largest absolute Gasteiger partial charge is 0.506 e. The standard InChI is InChI=1S/C13H11FN2O2/c14-9-2-1-3-10(7-9)16-13(18)8-4-5-11(15)12(17)6-8/h1-7,17H,15H2,(H,16,18). The van der Waals surface area contributed by atoms with Gasteiger partial charge in [-0.25, -0.2) is 4.39 Å². The number of nitrogens with one attached hydrogen (secondary N) is 1. The van der Waals surface area contributed by atoms with E-state index in [1.165, 1.54) is 36.4 Å². The number of phenols is 1. The molecule has 0 spiro atoms. The monoisotopic (exact) mass is 246 g/mol. The lowest BCUT2D eigenvalue weighted by atomic mass is 10.1. The molecule has 0 unspecified atom stereocenters. The van der Waals surface area contributed by atoms with Gasteiger partial charge in [-0.2, -0.15) is 0 Å². The third-order valence-electron chi connectivity index (χ3n) is 2.38. The fourth-order valence-corrected chi connectivity index (χ4v) is 1.45. The average molecular weight is 246 g/mol. The molecule has 0 atom stereocenters. The van der Waals surface area contributed by atoms with Crippen molar-refractivity contribution >= 4 is 17.3 Å². The first kappa shape index (κ1) is 11.9. The molecule has 0 aliphatic rings. The minimum Gasteiger partial charge on any atom is -0.506 e. The summed E-state index contributed by atoms with van der Waals surface area (Å²) in [6, 6.07) is 9.70. The second-order valence-corrected chi connectivity index (χ2v) is 3.74. The van der Waals surface area contributed by atoms with Gasteiger partial charge in [-0.05, 0) is 36.4 Å². The van der Waals surface area contributed by atoms with Crippen LogP contribution in [0.3, 0.4) is 0 Å². The third-order valence-corrected chi connectivity index (χ3v) is 2.38. The molecule has 0 fully saturated rings. The molecule has 92 valence electrons. The average Bonchev–Trinajstić information content (AvgIpc) is 2.32. The highest BCUT2D eigenvalue weighted by Gasteiger charge is 2.08. The molecule has 0 saturated heterocycles. The summed E-state index contributed by atoms with van der Waals surface area (Å²) >= 11 is 0. The predicted octanol–water partition coefficient (Wildman–Crippen LogP) is 2.37. The van der Waals surface area contributed by atoms with Gasteiger partial charge in [-0.15, -0.1) is 0 Å². The van der Waals surface area contributed by atoms with Crippen molar-refractivity contribution in [2.45, 2.75) is 0 Å². The van der Waals surface area contributed by atoms with Crippen molar-refractivity contribution in [1.82, 2.24) is 0 Å². The minimum absolute atomic E-state index is 0.165. The van der Waals surface area contributed by atoms with Crippen molar-refractivity contribution in [3.8, 4) is 5.75 Å². The van der Waals surface area contributed by atoms with Gasteiger partial charge in [0.2, 0.25) is 0 Å². The van der Waals surface area contributed by atoms with Crippen LogP contribution in [-0.2, 0) is 0 Å². The molecule has 2 rings (SSSR count). The Morgan fingerprint density at radius 3 is 2.67 bits per heavy atom. The van der Waals surface area contributed by atoms with Crippen molar-refractivity contribution in [1.29, 1.82) is 0 Å². The van der Waals surface area contributed by atoms with E-state index in [0.29, 0.717) is 5.69 Å². The molecule has 0 aliphatic heterocycles. The van der Waals surface area contributed by atoms with E-state index in [9.17, 15) is 14.3 Å². The summed E-state index contributed by atoms with van der Waals surface area (Å²) in [6.45, 7) is 0. The number of halogens is 1. The maximum Gasteiger partial charge on any atom is 0.255 e. The molecule has 0 aliphatic carbocycles. The second kappa shape index (κ2) is 4.75. The van der Waals surface area contributed by atoms with Crippen molar-refractivity contribution in [2.24, 2.45) is 0 Å². The highest BCUT2D eigenvalue weighted by atomic mass is 19.1. The molecular weight excluding hydrogens is 235 g/mol. The molecule has 1 amide bonds. The molecule has 0 bridgehead atoms. The van der Waals surface area contributed by atoms with Crippen LogP contribution < -0.4 is 11.1 Å². The number of amides is 1. The summed E-state index contributed by atoms with van der Waals surface area (Å²) in [5.74, 6) is -1.05. The van der Waals surface area contributed by atoms with E-state index in [-0.39, 0.29) is 17.0 Å². The Morgan fingerprint density at radius 2 is 2.00 bits per heavy atom. The number of benzene rings is 2. The van der Waals surface area contributed by atoms with Crippen molar-refractivity contribution in [3.63, 3.8) is 0 Å². The second-order valence-electron chi connectivity index (χ2n) is 3.74. The van der Waals surface area contributed by atoms with E-state index in [4.69, 9.17) is 5.73 Å². The summed E-state index contributed by atoms with van der Waals surface area (Å²) in [5.41, 5.74) is 6.21. The SMILES string of the molecule is Nc1ccc(C(=O)Nc2cccc(F)c2)cc1O. The maximum absolute atomic E-state index is 12.9. The van der Waals surface area contributed by atoms with Gasteiger partial charge in [0.05, 0.1) is 5.69 Å². The van der Waals surface area contributed by atoms with Crippen molar-refractivity contribution < 1.29 is 14.3 Å². The van der Waals surface area contributed by atoms with Crippen LogP contribution in [0.1, 0.15) is 10.4 Å². The van der Waals surface area contributed by atoms with Crippen molar-refractivity contribution in [3.05, 3.63) is 53.8 Å². The molecule has 18 heavy (non-hydrogen) atoms. The number of carbonyl (C=O) groups excluding carboxylic acids is 1. The minimum atomic E-state index is -0.448. The molecule has 0 saturated carbocycles. The van der Waals surface area contributed by atoms with Crippen LogP contribution in [-0.4, -0.2) is 11.0 Å². The highest BCUT2D eigenvalue weighted by molar-refractivity contribution is 6.04. The van der Waals surface area contributed by atoms with Crippen LogP contribution in [0, 0.1) is 5.82 Å². The van der Waals surface area contributed by atoms with Gasteiger partial charge in [-0.3, -0.25) is 4.79 Å². The zero-order valence-corrected chi connectivity index (χ0v) is 9.35. The van der Waals surface area contributed by atoms with Crippen LogP contribution in [0.4, 0.5) is 15.8 Å². The quantitative estimate of drug-likeness (QED) is 0.562. The number of carbonyl (C=O) groups is 1. The molecule has 4 N–H and O–H groups in total. The van der Waals surface area contributed by atoms with Gasteiger partial charge >= 0.3 is 0 Å². The normalized spacial score (nSPS) is 10.1. The van der Waals surface area contributed by atoms with Gasteiger partial charge in [0.1, 0.15) is 11.6 Å². The lowest BCUT2D eigenvalue weighted by molar-refractivity contribution is 0.102. The molecule has 2 aromatic carbocycles. The number of nitrogens with two attached hydrogens (primary N) is 1. The Morgan fingerprint density at radius 1 is 1.22 bits per heavy atom. The Bertz CT molecular complexity index is 599. The fourth-order valence-electron chi connectivity index (χ4n) is 1.45. The Balaban J connectivity index is 2.19. The van der Waals surface area contributed by atoms with Crippen LogP contribution in [0.2, 0.25) is 0 Å². The van der Waals surface area contributed by atoms with Crippen LogP contribution in [0.25, 0.3) is 0 Å². The van der Waals surface area contributed by atoms with Gasteiger partial charge in [0, 0.05) is 11.3 Å². The molecule has 0 aromatic heterocycles. The molecule has 5 heteroatoms. The number of rotatable bonds is 2. The lowest BCUT2D eigenvalue weighted by Gasteiger charge is -2.06. The van der Waals surface area contributed by atoms with Gasteiger partial charge < -0.3 is 16.2 Å². The van der Waals surface area contributed by atoms with Gasteiger partial charge in [-0.1, -0.05) is 6.07 Å². The molecular formula is C13H11FN2O2. The Labute approximate surface area is 103 Å². The predicted molar refractivity (Wildman–Crippen MR) is 66.9 cm³/mol. The molecule has 0 heterocycles. The van der Waals surface area contributed by atoms with Gasteiger partial charge in [0.25, 0.3) is 5.91 Å². The third kappa shape index (κ3) is 2.57. The number of anilines is 2. The van der Waals surface area contributed by atoms with E-state index >= 15 is 0 Å². The van der Waals surface area contributed by atoms with Gasteiger partial charge in [0.15, 0.2) is 0 Å². The first-order valence-corrected chi connectivity index (χ1v) is 5.21. The lowest BCUT2D eigenvalue weighted by Crippen LogP contribution is -2.12. The Kier molecular flexibility index (Phi) is 3.14. The zero-order chi connectivity index (χ0) is 13.1. The van der Waals surface area contributed by atoms with E-state index in [1.54, 1.807) is 6.07 Å². The molecule has 2 aromatic rings. The summed E-state index contributed by atoms with van der Waals surface area (Å²) in [5, 5.41) is 11.9. The Hall–Kier alpha value is -2.56. The van der Waals surface area contributed by atoms with E-state index in [1.807, 2.05) is 0 Å². The van der Waals surface area contributed by atoms with Crippen LogP contribution >= 0.6 is 0 Å². The number of aromatic hydroxyl groups is 1. The maximum atomic E-state index is 12.9. The topological polar surface area (TPSA) is 75.4 Å². The summed E-state index contributed by atoms with van der Waals surface area (Å²) in [7, 11) is 0. The fraction of sp³-hybridized carbons (Fsp3) is 0. The summed E-state index contributed by atoms with van der Waals surface area (Å²) in [6.07, 6.45) is 0. The van der Waals surface area contributed by atoms with E-state index in [2.05, 4.69) is 5.32 Å². The van der Waals surface area contributed by atoms with E-state index in [0.717, 1.165) is 0 Å². The van der Waals surface area contributed by atoms with Crippen LogP contribution in [0.5, 0.6) is 5.75 Å². The number of hydrogen-bond donors (Lipinski definition) is 3. The molecule has 0 radical (unpaired) electrons. The first-order valence-electron chi connectivity index (χ1n) is 5.21. The van der Waals surface area contributed by atoms with Crippen molar-refractivity contribution in [2.75, 3.05) is 11.1 Å². The zero-order valence-electron chi connectivity index (χ0n) is 9.35. The number of nitrogen functional groups attached to an aromatic ring is 1. The first-order chi connectivity index (χ1) is 8.56. The summed E-state index contributed by atoms with van der Waals surface area (Å²) in [4.78, 5) is 11.8. The smallest absolute Gasteiger partial charge is 0.255 e. The van der Waals surface area contributed by atoms with E-state index < -0.39 is 11.7 Å². The van der Waals surface area contributed by atoms with Crippen LogP contribution in [0.15, 0.2) is 42.5 Å². The summed E-state index contributed by atoms with van der Waals surface area (Å²) < 4.78 is 12.9. The molecule has 4 nitrogen and oxygen atoms in total. The number of hydrogen-bond acceptors (Lipinski definition) is 3. The number of phenolic OH excluding ortho intramolecular Hbond substituents is 1. The highest BCUT2D eigenvalue weighted by Crippen LogP contribution is 2.21.